The van der Waals surface area contributed by atoms with E-state index in [0.29, 0.717) is 18.7 Å². The van der Waals surface area contributed by atoms with E-state index >= 15 is 0 Å². The molecule has 0 N–H and O–H groups in total. The highest BCUT2D eigenvalue weighted by molar-refractivity contribution is 6.22. The van der Waals surface area contributed by atoms with Crippen LogP contribution < -0.4 is 4.90 Å². The predicted molar refractivity (Wildman–Crippen MR) is 99.1 cm³/mol. The fourth-order valence-corrected chi connectivity index (χ4v) is 4.00. The standard InChI is InChI=1S/C21H20N2O4/c1-15(24)23-18-10-6-5-9-17(18)21(19(23)25)11-12-22(14-21)20(26)27-13-16-7-3-2-4-8-16/h2-10H,11-14H2,1H3/t21-/m1/s1. The van der Waals surface area contributed by atoms with Gasteiger partial charge in [0.15, 0.2) is 0 Å². The maximum absolute atomic E-state index is 13.1. The zero-order valence-corrected chi connectivity index (χ0v) is 15.1. The number of ether oxygens (including phenoxy) is 1. The number of carbonyl (C=O) groups is 3. The molecular weight excluding hydrogens is 344 g/mol. The van der Waals surface area contributed by atoms with Crippen molar-refractivity contribution in [3.05, 3.63) is 65.7 Å². The average Bonchev–Trinajstić information content (AvgIpc) is 3.23. The summed E-state index contributed by atoms with van der Waals surface area (Å²) in [5.74, 6) is -0.566. The Labute approximate surface area is 157 Å². The van der Waals surface area contributed by atoms with E-state index in [4.69, 9.17) is 4.74 Å². The number of anilines is 1. The zero-order valence-electron chi connectivity index (χ0n) is 15.1. The van der Waals surface area contributed by atoms with Crippen LogP contribution in [0.4, 0.5) is 10.5 Å². The summed E-state index contributed by atoms with van der Waals surface area (Å²) >= 11 is 0. The second-order valence-electron chi connectivity index (χ2n) is 6.97. The molecule has 1 atom stereocenters. The van der Waals surface area contributed by atoms with Gasteiger partial charge in [0, 0.05) is 20.0 Å². The molecule has 1 saturated heterocycles. The van der Waals surface area contributed by atoms with Gasteiger partial charge in [-0.1, -0.05) is 48.5 Å². The van der Waals surface area contributed by atoms with E-state index in [2.05, 4.69) is 0 Å². The Hall–Kier alpha value is -3.15. The van der Waals surface area contributed by atoms with Gasteiger partial charge >= 0.3 is 6.09 Å². The molecule has 6 nitrogen and oxygen atoms in total. The lowest BCUT2D eigenvalue weighted by molar-refractivity contribution is -0.127. The molecule has 0 radical (unpaired) electrons. The van der Waals surface area contributed by atoms with Crippen molar-refractivity contribution in [1.29, 1.82) is 0 Å². The van der Waals surface area contributed by atoms with Crippen molar-refractivity contribution in [3.8, 4) is 0 Å². The van der Waals surface area contributed by atoms with Crippen LogP contribution in [0, 0.1) is 0 Å². The van der Waals surface area contributed by atoms with Crippen LogP contribution in [0.15, 0.2) is 54.6 Å². The number of nitrogens with zero attached hydrogens (tertiary/aromatic N) is 2. The van der Waals surface area contributed by atoms with Crippen molar-refractivity contribution in [2.24, 2.45) is 0 Å². The van der Waals surface area contributed by atoms with Crippen LogP contribution in [-0.4, -0.2) is 35.9 Å². The second kappa shape index (κ2) is 6.54. The third-order valence-corrected chi connectivity index (χ3v) is 5.32. The highest BCUT2D eigenvalue weighted by atomic mass is 16.6. The Kier molecular flexibility index (Phi) is 4.18. The average molecular weight is 364 g/mol. The van der Waals surface area contributed by atoms with Gasteiger partial charge < -0.3 is 9.64 Å². The number of para-hydroxylation sites is 1. The van der Waals surface area contributed by atoms with Crippen molar-refractivity contribution < 1.29 is 19.1 Å². The van der Waals surface area contributed by atoms with E-state index in [1.54, 1.807) is 11.0 Å². The van der Waals surface area contributed by atoms with Crippen molar-refractivity contribution in [1.82, 2.24) is 4.90 Å². The molecule has 0 bridgehead atoms. The second-order valence-corrected chi connectivity index (χ2v) is 6.97. The van der Waals surface area contributed by atoms with Crippen molar-refractivity contribution in [2.45, 2.75) is 25.4 Å². The first-order chi connectivity index (χ1) is 13.0. The first-order valence-corrected chi connectivity index (χ1v) is 8.93. The van der Waals surface area contributed by atoms with Gasteiger partial charge in [-0.15, -0.1) is 0 Å². The van der Waals surface area contributed by atoms with Crippen molar-refractivity contribution in [2.75, 3.05) is 18.0 Å². The Morgan fingerprint density at radius 1 is 1.07 bits per heavy atom. The van der Waals surface area contributed by atoms with Gasteiger partial charge in [-0.2, -0.15) is 0 Å². The van der Waals surface area contributed by atoms with Crippen LogP contribution in [0.3, 0.4) is 0 Å². The van der Waals surface area contributed by atoms with E-state index in [1.165, 1.54) is 11.8 Å². The van der Waals surface area contributed by atoms with Gasteiger partial charge in [0.2, 0.25) is 11.8 Å². The van der Waals surface area contributed by atoms with Gasteiger partial charge in [0.25, 0.3) is 0 Å². The van der Waals surface area contributed by atoms with E-state index in [1.807, 2.05) is 48.5 Å². The number of benzene rings is 2. The van der Waals surface area contributed by atoms with Crippen LogP contribution in [0.2, 0.25) is 0 Å². The molecule has 2 aliphatic rings. The van der Waals surface area contributed by atoms with Crippen LogP contribution in [0.25, 0.3) is 0 Å². The highest BCUT2D eigenvalue weighted by Crippen LogP contribution is 2.47. The smallest absolute Gasteiger partial charge is 0.410 e. The number of hydrogen-bond acceptors (Lipinski definition) is 4. The first kappa shape index (κ1) is 17.3. The first-order valence-electron chi connectivity index (χ1n) is 8.93. The van der Waals surface area contributed by atoms with E-state index in [-0.39, 0.29) is 25.0 Å². The Bertz CT molecular complexity index is 911. The third kappa shape index (κ3) is 2.77. The molecule has 27 heavy (non-hydrogen) atoms. The number of rotatable bonds is 2. The molecule has 138 valence electrons. The van der Waals surface area contributed by atoms with Crippen LogP contribution in [-0.2, 0) is 26.3 Å². The van der Waals surface area contributed by atoms with Gasteiger partial charge in [-0.05, 0) is 23.6 Å². The summed E-state index contributed by atoms with van der Waals surface area (Å²) in [4.78, 5) is 40.4. The molecule has 6 heteroatoms. The number of imide groups is 1. The van der Waals surface area contributed by atoms with Crippen LogP contribution in [0.5, 0.6) is 0 Å². The summed E-state index contributed by atoms with van der Waals surface area (Å²) in [7, 11) is 0. The fraction of sp³-hybridized carbons (Fsp3) is 0.286. The van der Waals surface area contributed by atoms with Crippen LogP contribution in [0.1, 0.15) is 24.5 Å². The molecule has 2 aromatic rings. The third-order valence-electron chi connectivity index (χ3n) is 5.32. The normalized spacial score (nSPS) is 20.9. The maximum atomic E-state index is 13.1. The van der Waals surface area contributed by atoms with Gasteiger partial charge in [-0.25, -0.2) is 9.69 Å². The van der Waals surface area contributed by atoms with E-state index in [9.17, 15) is 14.4 Å². The maximum Gasteiger partial charge on any atom is 0.410 e. The van der Waals surface area contributed by atoms with Crippen molar-refractivity contribution >= 4 is 23.6 Å². The van der Waals surface area contributed by atoms with E-state index < -0.39 is 11.5 Å². The molecule has 1 spiro atoms. The molecule has 0 saturated carbocycles. The minimum atomic E-state index is -0.867. The Balaban J connectivity index is 1.53. The molecule has 0 aromatic heterocycles. The Morgan fingerprint density at radius 3 is 2.52 bits per heavy atom. The summed E-state index contributed by atoms with van der Waals surface area (Å²) in [6.45, 7) is 2.21. The molecule has 0 unspecified atom stereocenters. The van der Waals surface area contributed by atoms with E-state index in [0.717, 1.165) is 11.1 Å². The summed E-state index contributed by atoms with van der Waals surface area (Å²) in [6.07, 6.45) is 0.0369. The number of likely N-dealkylation sites (tertiary alicyclic amines) is 1. The van der Waals surface area contributed by atoms with Crippen molar-refractivity contribution in [3.63, 3.8) is 0 Å². The molecule has 2 heterocycles. The topological polar surface area (TPSA) is 66.9 Å². The fourth-order valence-electron chi connectivity index (χ4n) is 4.00. The number of hydrogen-bond donors (Lipinski definition) is 0. The minimum Gasteiger partial charge on any atom is -0.445 e. The lowest BCUT2D eigenvalue weighted by atomic mass is 9.81. The van der Waals surface area contributed by atoms with Gasteiger partial charge in [0.1, 0.15) is 6.61 Å². The summed E-state index contributed by atoms with van der Waals surface area (Å²) in [5.41, 5.74) is 1.47. The zero-order chi connectivity index (χ0) is 19.0. The molecule has 3 amide bonds. The Morgan fingerprint density at radius 2 is 1.78 bits per heavy atom. The number of fused-ring (bicyclic) bond motifs is 2. The quantitative estimate of drug-likeness (QED) is 0.822. The lowest BCUT2D eigenvalue weighted by Gasteiger charge is -2.23. The molecule has 2 aliphatic heterocycles. The molecular formula is C21H20N2O4. The summed E-state index contributed by atoms with van der Waals surface area (Å²) in [5, 5.41) is 0. The highest BCUT2D eigenvalue weighted by Gasteiger charge is 2.56. The molecule has 1 fully saturated rings. The largest absolute Gasteiger partial charge is 0.445 e. The molecule has 0 aliphatic carbocycles. The van der Waals surface area contributed by atoms with Gasteiger partial charge in [-0.3, -0.25) is 9.59 Å². The van der Waals surface area contributed by atoms with Crippen LogP contribution >= 0.6 is 0 Å². The summed E-state index contributed by atoms with van der Waals surface area (Å²) in [6, 6.07) is 16.8. The summed E-state index contributed by atoms with van der Waals surface area (Å²) < 4.78 is 5.41. The molecule has 4 rings (SSSR count). The monoisotopic (exact) mass is 364 g/mol. The lowest BCUT2D eigenvalue weighted by Crippen LogP contribution is -2.44. The number of amides is 3. The SMILES string of the molecule is CC(=O)N1C(=O)[C@@]2(CCN(C(=O)OCc3ccccc3)C2)c2ccccc21. The molecule has 2 aromatic carbocycles. The predicted octanol–water partition coefficient (Wildman–Crippen LogP) is 2.86. The minimum absolute atomic E-state index is 0.188. The van der Waals surface area contributed by atoms with Gasteiger partial charge in [0.05, 0.1) is 11.1 Å². The number of carbonyl (C=O) groups excluding carboxylic acids is 3.